The molecule has 3 aliphatic rings. The van der Waals surface area contributed by atoms with Crippen molar-refractivity contribution in [1.82, 2.24) is 24.2 Å². The number of nitrogens with two attached hydrogens (primary N) is 1. The number of ether oxygens (including phenoxy) is 2. The number of nitrogens with one attached hydrogen (secondary N) is 1. The molecule has 6 rings (SSSR count). The minimum absolute atomic E-state index is 0.0799. The molecule has 0 aromatic carbocycles. The van der Waals surface area contributed by atoms with Crippen molar-refractivity contribution in [2.45, 2.75) is 42.8 Å². The fourth-order valence-electron chi connectivity index (χ4n) is 5.74. The van der Waals surface area contributed by atoms with E-state index in [0.29, 0.717) is 11.2 Å². The minimum Gasteiger partial charge on any atom is -0.477 e. The highest BCUT2D eigenvalue weighted by Gasteiger charge is 2.56. The van der Waals surface area contributed by atoms with Gasteiger partial charge >= 0.3 is 22.4 Å². The number of imidazole rings is 1. The van der Waals surface area contributed by atoms with Gasteiger partial charge in [0.15, 0.2) is 11.9 Å². The molecule has 0 bridgehead atoms. The maximum absolute atomic E-state index is 13.0. The molecule has 0 saturated carbocycles. The van der Waals surface area contributed by atoms with Gasteiger partial charge in [-0.05, 0) is 17.5 Å². The number of Topliss-reactive ketones (excluding diaryl/α,β-unsaturated/α-hetero) is 1. The number of thiophene rings is 1. The smallest absolute Gasteiger partial charge is 0.423 e. The lowest BCUT2D eigenvalue weighted by atomic mass is 9.89. The number of aromatic nitrogens is 3. The lowest BCUT2D eigenvalue weighted by Crippen LogP contribution is -2.65. The second-order valence-electron chi connectivity index (χ2n) is 11.2. The zero-order chi connectivity index (χ0) is 35.2. The van der Waals surface area contributed by atoms with Gasteiger partial charge in [-0.15, -0.1) is 11.3 Å². The Kier molecular flexibility index (Phi) is 9.54. The maximum Gasteiger partial charge on any atom is 0.423 e. The molecule has 49 heavy (non-hydrogen) atoms. The SMILES string of the molecule is Nc1ccnc2c1ncn2[C@@H]1O[C@H](COS(=O)(=O)NC(=O)OCC2=C(C(=O)O)N3C(=O)[C@@H](CC(=O)Cc4cccs4)[C@H]3S(=O)C2)[C@@H](O)[C@H]1O. The van der Waals surface area contributed by atoms with E-state index in [1.807, 2.05) is 0 Å². The number of pyridine rings is 1. The van der Waals surface area contributed by atoms with Crippen molar-refractivity contribution in [3.63, 3.8) is 0 Å². The fraction of sp³-hybridized carbons (Fsp3) is 0.407. The number of nitrogens with zero attached hydrogens (tertiary/aromatic N) is 4. The number of aliphatic hydroxyl groups excluding tert-OH is 2. The van der Waals surface area contributed by atoms with Gasteiger partial charge in [-0.1, -0.05) is 6.07 Å². The number of β-lactam (4-membered cyclic amide) rings is 1. The second-order valence-corrected chi connectivity index (χ2v) is 15.1. The number of ketones is 1. The predicted octanol–water partition coefficient (Wildman–Crippen LogP) is -1.23. The molecular weight excluding hydrogens is 713 g/mol. The van der Waals surface area contributed by atoms with E-state index in [1.165, 1.54) is 39.2 Å². The third-order valence-electron chi connectivity index (χ3n) is 7.99. The number of amides is 2. The first kappa shape index (κ1) is 34.5. The highest BCUT2D eigenvalue weighted by molar-refractivity contribution is 7.86. The van der Waals surface area contributed by atoms with Crippen molar-refractivity contribution >= 4 is 73.0 Å². The number of hydrogen-bond acceptors (Lipinski definition) is 16. The summed E-state index contributed by atoms with van der Waals surface area (Å²) in [4.78, 5) is 59.7. The van der Waals surface area contributed by atoms with Gasteiger partial charge in [-0.3, -0.25) is 27.4 Å². The largest absolute Gasteiger partial charge is 0.477 e. The maximum atomic E-state index is 13.0. The zero-order valence-electron chi connectivity index (χ0n) is 25.0. The van der Waals surface area contributed by atoms with Crippen LogP contribution in [-0.4, -0.2) is 114 Å². The van der Waals surface area contributed by atoms with Gasteiger partial charge in [0.25, 0.3) is 0 Å². The van der Waals surface area contributed by atoms with Crippen molar-refractivity contribution in [3.8, 4) is 0 Å². The Bertz CT molecular complexity index is 1980. The Morgan fingerprint density at radius 2 is 1.98 bits per heavy atom. The van der Waals surface area contributed by atoms with Gasteiger partial charge in [0.1, 0.15) is 47.3 Å². The molecule has 22 heteroatoms. The summed E-state index contributed by atoms with van der Waals surface area (Å²) in [7, 11) is -6.77. The summed E-state index contributed by atoms with van der Waals surface area (Å²) < 4.78 is 55.9. The first-order valence-corrected chi connectivity index (χ1v) is 18.0. The van der Waals surface area contributed by atoms with E-state index in [0.717, 1.165) is 9.78 Å². The fourth-order valence-corrected chi connectivity index (χ4v) is 8.87. The minimum atomic E-state index is -4.90. The molecule has 6 N–H and O–H groups in total. The third kappa shape index (κ3) is 6.79. The molecule has 0 radical (unpaired) electrons. The molecule has 262 valence electrons. The standard InChI is InChI=1S/C27H28N6O13S3/c28-16-3-4-29-22-18(16)30-11-32(22)24-21(36)20(35)17(46-24)9-45-49(42,43)31-27(40)44-8-12-10-48(41)25-15(23(37)33(25)19(12)26(38)39)7-13(34)6-14-2-1-5-47-14/h1-5,11,15,17,20-21,24-25,35-36H,6-10H2,(H2,28,29)(H,31,40)(H,38,39)/t15-,17-,20-,21-,24-,25-,48?/m1/s1. The molecule has 2 amide bonds. The van der Waals surface area contributed by atoms with Gasteiger partial charge in [0.2, 0.25) is 5.91 Å². The number of carbonyl (C=O) groups is 4. The van der Waals surface area contributed by atoms with Crippen LogP contribution in [0.3, 0.4) is 0 Å². The number of anilines is 1. The topological polar surface area (TPSA) is 280 Å². The van der Waals surface area contributed by atoms with Crippen LogP contribution in [0.15, 0.2) is 47.4 Å². The summed E-state index contributed by atoms with van der Waals surface area (Å²) in [6.07, 6.45) is -4.92. The van der Waals surface area contributed by atoms with Crippen LogP contribution in [0.25, 0.3) is 11.2 Å². The van der Waals surface area contributed by atoms with E-state index >= 15 is 0 Å². The Hall–Kier alpha value is -4.32. The van der Waals surface area contributed by atoms with Gasteiger partial charge in [-0.25, -0.2) is 19.6 Å². The molecule has 1 unspecified atom stereocenters. The van der Waals surface area contributed by atoms with Gasteiger partial charge in [0.05, 0.1) is 30.3 Å². The number of carboxylic acid groups (broad SMARTS) is 1. The molecule has 0 spiro atoms. The van der Waals surface area contributed by atoms with Crippen LogP contribution < -0.4 is 10.5 Å². The molecule has 0 aliphatic carbocycles. The summed E-state index contributed by atoms with van der Waals surface area (Å²) in [6.45, 7) is -1.70. The first-order chi connectivity index (χ1) is 23.3. The normalized spacial score (nSPS) is 26.8. The van der Waals surface area contributed by atoms with E-state index < -0.39 is 99.6 Å². The summed E-state index contributed by atoms with van der Waals surface area (Å²) in [5.41, 5.74) is 5.91. The summed E-state index contributed by atoms with van der Waals surface area (Å²) in [6, 6.07) is 5.04. The Balaban J connectivity index is 1.04. The number of nitrogen functional groups attached to an aromatic ring is 1. The monoisotopic (exact) mass is 740 g/mol. The van der Waals surface area contributed by atoms with E-state index in [4.69, 9.17) is 19.4 Å². The van der Waals surface area contributed by atoms with Gasteiger partial charge in [-0.2, -0.15) is 13.1 Å². The molecule has 19 nitrogen and oxygen atoms in total. The van der Waals surface area contributed by atoms with Crippen LogP contribution >= 0.6 is 11.3 Å². The van der Waals surface area contributed by atoms with Crippen LogP contribution in [0.1, 0.15) is 17.5 Å². The van der Waals surface area contributed by atoms with E-state index in [1.54, 1.807) is 17.5 Å². The van der Waals surface area contributed by atoms with Crippen LogP contribution in [-0.2, 0) is 55.6 Å². The van der Waals surface area contributed by atoms with Crippen LogP contribution in [0, 0.1) is 5.92 Å². The molecule has 2 saturated heterocycles. The first-order valence-electron chi connectivity index (χ1n) is 14.4. The average molecular weight is 741 g/mol. The van der Waals surface area contributed by atoms with Crippen molar-refractivity contribution in [2.75, 3.05) is 24.7 Å². The lowest BCUT2D eigenvalue weighted by molar-refractivity contribution is -0.154. The number of carbonyl (C=O) groups excluding carboxylic acids is 3. The van der Waals surface area contributed by atoms with Crippen molar-refractivity contribution < 1.29 is 60.8 Å². The van der Waals surface area contributed by atoms with Crippen LogP contribution in [0.5, 0.6) is 0 Å². The van der Waals surface area contributed by atoms with Crippen LogP contribution in [0.2, 0.25) is 0 Å². The molecular formula is C27H28N6O13S3. The molecule has 3 aromatic rings. The molecule has 3 aromatic heterocycles. The van der Waals surface area contributed by atoms with Gasteiger partial charge < -0.3 is 30.5 Å². The number of fused-ring (bicyclic) bond motifs is 2. The summed E-state index contributed by atoms with van der Waals surface area (Å²) in [5, 5.41) is 31.6. The molecule has 6 heterocycles. The Morgan fingerprint density at radius 1 is 1.20 bits per heavy atom. The van der Waals surface area contributed by atoms with E-state index in [2.05, 4.69) is 9.97 Å². The average Bonchev–Trinajstić information content (AvgIpc) is 3.78. The number of hydrogen-bond donors (Lipinski definition) is 5. The van der Waals surface area contributed by atoms with Crippen LogP contribution in [0.4, 0.5) is 10.5 Å². The number of aliphatic hydroxyl groups is 2. The highest BCUT2D eigenvalue weighted by atomic mass is 32.2. The van der Waals surface area contributed by atoms with Crippen molar-refractivity contribution in [3.05, 3.63) is 52.3 Å². The molecule has 3 aliphatic heterocycles. The number of rotatable bonds is 12. The summed E-state index contributed by atoms with van der Waals surface area (Å²) >= 11 is 1.37. The number of aliphatic carboxylic acids is 1. The summed E-state index contributed by atoms with van der Waals surface area (Å²) in [5.74, 6) is -3.97. The Morgan fingerprint density at radius 3 is 2.69 bits per heavy atom. The predicted molar refractivity (Wildman–Crippen MR) is 167 cm³/mol. The zero-order valence-corrected chi connectivity index (χ0v) is 27.4. The molecule has 7 atom stereocenters. The highest BCUT2D eigenvalue weighted by Crippen LogP contribution is 2.41. The molecule has 2 fully saturated rings. The van der Waals surface area contributed by atoms with E-state index in [9.17, 15) is 47.1 Å². The lowest BCUT2D eigenvalue weighted by Gasteiger charge is -2.49. The Labute approximate surface area is 283 Å². The van der Waals surface area contributed by atoms with E-state index in [-0.39, 0.29) is 29.8 Å². The van der Waals surface area contributed by atoms with Crippen molar-refractivity contribution in [1.29, 1.82) is 0 Å². The van der Waals surface area contributed by atoms with Gasteiger partial charge in [0, 0.05) is 40.3 Å². The number of carboxylic acids is 1. The third-order valence-corrected chi connectivity index (χ3v) is 11.4. The second kappa shape index (κ2) is 13.5. The quantitative estimate of drug-likeness (QED) is 0.136. The van der Waals surface area contributed by atoms with Crippen molar-refractivity contribution in [2.24, 2.45) is 5.92 Å².